The van der Waals surface area contributed by atoms with Crippen LogP contribution in [-0.4, -0.2) is 30.3 Å². The third-order valence-corrected chi connectivity index (χ3v) is 3.09. The van der Waals surface area contributed by atoms with Crippen LogP contribution in [0.25, 0.3) is 0 Å². The number of hydrogen-bond acceptors (Lipinski definition) is 3. The van der Waals surface area contributed by atoms with Crippen molar-refractivity contribution < 1.29 is 14.6 Å². The van der Waals surface area contributed by atoms with Crippen molar-refractivity contribution in [1.82, 2.24) is 0 Å². The second-order valence-corrected chi connectivity index (χ2v) is 4.55. The van der Waals surface area contributed by atoms with Crippen molar-refractivity contribution in [3.8, 4) is 11.8 Å². The number of amides is 1. The van der Waals surface area contributed by atoms with Crippen LogP contribution in [0.1, 0.15) is 18.4 Å². The van der Waals surface area contributed by atoms with Crippen molar-refractivity contribution in [1.29, 1.82) is 0 Å². The molecule has 1 amide bonds. The van der Waals surface area contributed by atoms with Gasteiger partial charge in [-0.1, -0.05) is 23.4 Å². The molecular formula is C14H14ClNO3. The number of nitrogens with one attached hydrogen (secondary N) is 1. The number of anilines is 1. The van der Waals surface area contributed by atoms with Gasteiger partial charge in [0, 0.05) is 12.2 Å². The summed E-state index contributed by atoms with van der Waals surface area (Å²) in [5.41, 5.74) is 1.19. The fourth-order valence-corrected chi connectivity index (χ4v) is 2.00. The van der Waals surface area contributed by atoms with E-state index in [1.54, 1.807) is 18.2 Å². The number of benzene rings is 1. The minimum atomic E-state index is -0.400. The van der Waals surface area contributed by atoms with Crippen molar-refractivity contribution in [3.05, 3.63) is 28.8 Å². The lowest BCUT2D eigenvalue weighted by Crippen LogP contribution is -2.27. The Labute approximate surface area is 116 Å². The van der Waals surface area contributed by atoms with Crippen LogP contribution in [0, 0.1) is 11.8 Å². The summed E-state index contributed by atoms with van der Waals surface area (Å²) in [6.45, 7) is 0.411. The molecule has 1 aromatic carbocycles. The number of halogens is 1. The summed E-state index contributed by atoms with van der Waals surface area (Å²) < 4.78 is 5.31. The summed E-state index contributed by atoms with van der Waals surface area (Å²) in [5, 5.41) is 11.8. The highest BCUT2D eigenvalue weighted by atomic mass is 35.5. The average molecular weight is 280 g/mol. The Morgan fingerprint density at radius 2 is 2.42 bits per heavy atom. The second-order valence-electron chi connectivity index (χ2n) is 4.15. The molecule has 1 aliphatic heterocycles. The van der Waals surface area contributed by atoms with Crippen molar-refractivity contribution in [2.24, 2.45) is 0 Å². The maximum absolute atomic E-state index is 11.9. The number of rotatable bonds is 2. The molecule has 1 unspecified atom stereocenters. The summed E-state index contributed by atoms with van der Waals surface area (Å²) in [7, 11) is 0. The van der Waals surface area contributed by atoms with Gasteiger partial charge in [0.25, 0.3) is 5.91 Å². The van der Waals surface area contributed by atoms with Gasteiger partial charge in [0.05, 0.1) is 10.7 Å². The van der Waals surface area contributed by atoms with Crippen LogP contribution in [-0.2, 0) is 9.53 Å². The lowest BCUT2D eigenvalue weighted by Gasteiger charge is -2.11. The standard InChI is InChI=1S/C14H14ClNO3/c15-11-6-5-10(3-1-7-17)9-12(11)16-14(18)13-4-2-8-19-13/h5-6,9,13,17H,2,4,7-8H2,(H,16,18). The molecule has 1 aromatic rings. The molecule has 2 rings (SSSR count). The van der Waals surface area contributed by atoms with E-state index in [1.807, 2.05) is 0 Å². The van der Waals surface area contributed by atoms with Gasteiger partial charge in [-0.15, -0.1) is 0 Å². The third-order valence-electron chi connectivity index (χ3n) is 2.76. The van der Waals surface area contributed by atoms with Gasteiger partial charge >= 0.3 is 0 Å². The topological polar surface area (TPSA) is 58.6 Å². The predicted octanol–water partition coefficient (Wildman–Crippen LogP) is 1.80. The fourth-order valence-electron chi connectivity index (χ4n) is 1.84. The molecule has 1 aliphatic rings. The highest BCUT2D eigenvalue weighted by Crippen LogP contribution is 2.24. The Hall–Kier alpha value is -1.54. The predicted molar refractivity (Wildman–Crippen MR) is 73.0 cm³/mol. The third kappa shape index (κ3) is 3.71. The lowest BCUT2D eigenvalue weighted by atomic mass is 10.2. The number of aliphatic hydroxyl groups is 1. The first kappa shape index (κ1) is 13.9. The molecule has 0 aromatic heterocycles. The largest absolute Gasteiger partial charge is 0.384 e. The van der Waals surface area contributed by atoms with Crippen LogP contribution in [0.3, 0.4) is 0 Å². The summed E-state index contributed by atoms with van der Waals surface area (Å²) in [6.07, 6.45) is 1.23. The first-order valence-corrected chi connectivity index (χ1v) is 6.40. The number of carbonyl (C=O) groups excluding carboxylic acids is 1. The Morgan fingerprint density at radius 3 is 3.11 bits per heavy atom. The van der Waals surface area contributed by atoms with Gasteiger partial charge < -0.3 is 15.2 Å². The van der Waals surface area contributed by atoms with Crippen LogP contribution in [0.2, 0.25) is 5.02 Å². The number of carbonyl (C=O) groups is 1. The van der Waals surface area contributed by atoms with Gasteiger partial charge in [-0.2, -0.15) is 0 Å². The van der Waals surface area contributed by atoms with E-state index < -0.39 is 6.10 Å². The quantitative estimate of drug-likeness (QED) is 0.812. The molecule has 0 spiro atoms. The summed E-state index contributed by atoms with van der Waals surface area (Å²) >= 11 is 6.03. The van der Waals surface area contributed by atoms with Gasteiger partial charge in [0.15, 0.2) is 0 Å². The Kier molecular flexibility index (Phi) is 4.80. The van der Waals surface area contributed by atoms with E-state index in [0.717, 1.165) is 12.8 Å². The van der Waals surface area contributed by atoms with E-state index in [9.17, 15) is 4.79 Å². The minimum Gasteiger partial charge on any atom is -0.384 e. The van der Waals surface area contributed by atoms with Crippen LogP contribution < -0.4 is 5.32 Å². The van der Waals surface area contributed by atoms with Gasteiger partial charge in [-0.05, 0) is 31.0 Å². The molecule has 0 aliphatic carbocycles. The zero-order valence-corrected chi connectivity index (χ0v) is 11.0. The first-order chi connectivity index (χ1) is 9.20. The summed E-state index contributed by atoms with van der Waals surface area (Å²) in [5.74, 6) is 5.12. The van der Waals surface area contributed by atoms with Crippen molar-refractivity contribution in [3.63, 3.8) is 0 Å². The maximum atomic E-state index is 11.9. The highest BCUT2D eigenvalue weighted by Gasteiger charge is 2.24. The Bertz CT molecular complexity index is 527. The second kappa shape index (κ2) is 6.58. The van der Waals surface area contributed by atoms with Crippen LogP contribution in [0.15, 0.2) is 18.2 Å². The van der Waals surface area contributed by atoms with Crippen LogP contribution in [0.4, 0.5) is 5.69 Å². The smallest absolute Gasteiger partial charge is 0.253 e. The van der Waals surface area contributed by atoms with E-state index in [-0.39, 0.29) is 12.5 Å². The van der Waals surface area contributed by atoms with Crippen LogP contribution >= 0.6 is 11.6 Å². The molecular weight excluding hydrogens is 266 g/mol. The van der Waals surface area contributed by atoms with Gasteiger partial charge in [-0.3, -0.25) is 4.79 Å². The van der Waals surface area contributed by atoms with Crippen molar-refractivity contribution in [2.75, 3.05) is 18.5 Å². The fraction of sp³-hybridized carbons (Fsp3) is 0.357. The molecule has 100 valence electrons. The SMILES string of the molecule is O=C(Nc1cc(C#CCO)ccc1Cl)C1CCCO1. The maximum Gasteiger partial charge on any atom is 0.253 e. The molecule has 0 radical (unpaired) electrons. The summed E-state index contributed by atoms with van der Waals surface area (Å²) in [6, 6.07) is 5.07. The monoisotopic (exact) mass is 279 g/mol. The molecule has 0 bridgehead atoms. The number of hydrogen-bond donors (Lipinski definition) is 2. The molecule has 4 nitrogen and oxygen atoms in total. The zero-order chi connectivity index (χ0) is 13.7. The van der Waals surface area contributed by atoms with E-state index in [0.29, 0.717) is 22.9 Å². The lowest BCUT2D eigenvalue weighted by molar-refractivity contribution is -0.124. The number of aliphatic hydroxyl groups excluding tert-OH is 1. The molecule has 5 heteroatoms. The molecule has 2 N–H and O–H groups in total. The molecule has 1 heterocycles. The zero-order valence-electron chi connectivity index (χ0n) is 10.3. The normalized spacial score (nSPS) is 17.7. The Balaban J connectivity index is 2.12. The van der Waals surface area contributed by atoms with Gasteiger partial charge in [-0.25, -0.2) is 0 Å². The molecule has 0 saturated carbocycles. The highest BCUT2D eigenvalue weighted by molar-refractivity contribution is 6.33. The molecule has 19 heavy (non-hydrogen) atoms. The van der Waals surface area contributed by atoms with E-state index in [1.165, 1.54) is 0 Å². The molecule has 1 atom stereocenters. The van der Waals surface area contributed by atoms with E-state index in [4.69, 9.17) is 21.4 Å². The molecule has 1 saturated heterocycles. The average Bonchev–Trinajstić information content (AvgIpc) is 2.93. The van der Waals surface area contributed by atoms with Crippen molar-refractivity contribution >= 4 is 23.2 Å². The summed E-state index contributed by atoms with van der Waals surface area (Å²) in [4.78, 5) is 11.9. The van der Waals surface area contributed by atoms with Gasteiger partial charge in [0.2, 0.25) is 0 Å². The van der Waals surface area contributed by atoms with Gasteiger partial charge in [0.1, 0.15) is 12.7 Å². The van der Waals surface area contributed by atoms with E-state index >= 15 is 0 Å². The van der Waals surface area contributed by atoms with E-state index in [2.05, 4.69) is 17.2 Å². The molecule has 1 fully saturated rings. The first-order valence-electron chi connectivity index (χ1n) is 6.02. The van der Waals surface area contributed by atoms with Crippen LogP contribution in [0.5, 0.6) is 0 Å². The Morgan fingerprint density at radius 1 is 1.58 bits per heavy atom. The minimum absolute atomic E-state index is 0.188. The number of ether oxygens (including phenoxy) is 1. The van der Waals surface area contributed by atoms with Crippen molar-refractivity contribution in [2.45, 2.75) is 18.9 Å².